The number of carboxylic acid groups (broad SMARTS) is 1. The molecule has 0 aromatic heterocycles. The predicted molar refractivity (Wildman–Crippen MR) is 94.7 cm³/mol. The monoisotopic (exact) mass is 345 g/mol. The zero-order chi connectivity index (χ0) is 17.9. The number of nitrogens with zero attached hydrogens (tertiary/aromatic N) is 1. The Kier molecular flexibility index (Phi) is 5.42. The maximum Gasteiger partial charge on any atom is 0.335 e. The Morgan fingerprint density at radius 3 is 2.40 bits per heavy atom. The highest BCUT2D eigenvalue weighted by molar-refractivity contribution is 5.87. The van der Waals surface area contributed by atoms with Crippen LogP contribution >= 0.6 is 0 Å². The fraction of sp³-hybridized carbons (Fsp3) is 0.600. The lowest BCUT2D eigenvalue weighted by atomic mass is 9.79. The van der Waals surface area contributed by atoms with Crippen LogP contribution in [0.5, 0.6) is 0 Å². The molecule has 1 saturated carbocycles. The topological polar surface area (TPSA) is 66.8 Å². The molecule has 1 aromatic rings. The number of hydrogen-bond donors (Lipinski definition) is 1. The number of hydrogen-bond acceptors (Lipinski definition) is 3. The Labute approximate surface area is 149 Å². The summed E-state index contributed by atoms with van der Waals surface area (Å²) in [6.45, 7) is 4.82. The van der Waals surface area contributed by atoms with Crippen LogP contribution < -0.4 is 0 Å². The molecule has 1 amide bonds. The minimum atomic E-state index is -0.908. The molecular weight excluding hydrogens is 318 g/mol. The van der Waals surface area contributed by atoms with Crippen LogP contribution in [0.2, 0.25) is 0 Å². The maximum atomic E-state index is 13.1. The van der Waals surface area contributed by atoms with E-state index in [0.29, 0.717) is 30.6 Å². The molecule has 5 heteroatoms. The second-order valence-electron chi connectivity index (χ2n) is 7.27. The SMILES string of the molecule is CCOCCC1(C(=O)N2CC(c3ccc(C(=O)O)cc3)C2)CCCC1. The zero-order valence-electron chi connectivity index (χ0n) is 14.9. The molecule has 1 aliphatic carbocycles. The largest absolute Gasteiger partial charge is 0.478 e. The smallest absolute Gasteiger partial charge is 0.335 e. The third kappa shape index (κ3) is 3.71. The van der Waals surface area contributed by atoms with E-state index in [1.165, 1.54) is 0 Å². The third-order valence-corrected chi connectivity index (χ3v) is 5.74. The summed E-state index contributed by atoms with van der Waals surface area (Å²) in [6.07, 6.45) is 5.05. The molecule has 0 bridgehead atoms. The van der Waals surface area contributed by atoms with Crippen LogP contribution in [0, 0.1) is 5.41 Å². The van der Waals surface area contributed by atoms with Crippen molar-refractivity contribution in [2.75, 3.05) is 26.3 Å². The maximum absolute atomic E-state index is 13.1. The number of ether oxygens (including phenoxy) is 1. The molecule has 1 heterocycles. The molecule has 1 saturated heterocycles. The van der Waals surface area contributed by atoms with Crippen molar-refractivity contribution < 1.29 is 19.4 Å². The molecular formula is C20H27NO4. The first-order valence-electron chi connectivity index (χ1n) is 9.26. The van der Waals surface area contributed by atoms with E-state index in [1.807, 2.05) is 24.0 Å². The quantitative estimate of drug-likeness (QED) is 0.770. The van der Waals surface area contributed by atoms with E-state index in [0.717, 1.165) is 50.8 Å². The van der Waals surface area contributed by atoms with Crippen molar-refractivity contribution in [1.29, 1.82) is 0 Å². The highest BCUT2D eigenvalue weighted by Gasteiger charge is 2.46. The molecule has 0 unspecified atom stereocenters. The van der Waals surface area contributed by atoms with Gasteiger partial charge in [-0.15, -0.1) is 0 Å². The van der Waals surface area contributed by atoms with Crippen molar-refractivity contribution in [3.63, 3.8) is 0 Å². The first-order chi connectivity index (χ1) is 12.1. The minimum Gasteiger partial charge on any atom is -0.478 e. The van der Waals surface area contributed by atoms with Crippen molar-refractivity contribution in [1.82, 2.24) is 4.90 Å². The Morgan fingerprint density at radius 1 is 1.20 bits per heavy atom. The summed E-state index contributed by atoms with van der Waals surface area (Å²) in [5.41, 5.74) is 1.20. The third-order valence-electron chi connectivity index (χ3n) is 5.74. The van der Waals surface area contributed by atoms with Crippen molar-refractivity contribution in [3.8, 4) is 0 Å². The molecule has 2 fully saturated rings. The van der Waals surface area contributed by atoms with Crippen LogP contribution in [0.25, 0.3) is 0 Å². The van der Waals surface area contributed by atoms with E-state index < -0.39 is 5.97 Å². The molecule has 0 spiro atoms. The van der Waals surface area contributed by atoms with Crippen LogP contribution in [0.15, 0.2) is 24.3 Å². The Morgan fingerprint density at radius 2 is 1.84 bits per heavy atom. The normalized spacial score (nSPS) is 19.6. The standard InChI is InChI=1S/C20H27NO4/c1-2-25-12-11-20(9-3-4-10-20)19(24)21-13-17(14-21)15-5-7-16(8-6-15)18(22)23/h5-8,17H,2-4,9-14H2,1H3,(H,22,23). The first kappa shape index (κ1) is 17.9. The molecule has 1 N–H and O–H groups in total. The van der Waals surface area contributed by atoms with Gasteiger partial charge in [-0.3, -0.25) is 4.79 Å². The van der Waals surface area contributed by atoms with E-state index in [4.69, 9.17) is 9.84 Å². The Balaban J connectivity index is 1.58. The van der Waals surface area contributed by atoms with Gasteiger partial charge in [-0.2, -0.15) is 0 Å². The first-order valence-corrected chi connectivity index (χ1v) is 9.26. The average Bonchev–Trinajstić information content (AvgIpc) is 3.04. The number of carbonyl (C=O) groups is 2. The van der Waals surface area contributed by atoms with E-state index >= 15 is 0 Å². The fourth-order valence-electron chi connectivity index (χ4n) is 4.12. The van der Waals surface area contributed by atoms with Crippen molar-refractivity contribution in [2.45, 2.75) is 44.9 Å². The summed E-state index contributed by atoms with van der Waals surface area (Å²) >= 11 is 0. The van der Waals surface area contributed by atoms with E-state index in [1.54, 1.807) is 12.1 Å². The number of carboxylic acids is 1. The van der Waals surface area contributed by atoms with Gasteiger partial charge in [-0.25, -0.2) is 4.79 Å². The van der Waals surface area contributed by atoms with Crippen LogP contribution in [-0.4, -0.2) is 48.2 Å². The lowest BCUT2D eigenvalue weighted by Crippen LogP contribution is -2.54. The molecule has 3 rings (SSSR count). The summed E-state index contributed by atoms with van der Waals surface area (Å²) in [7, 11) is 0. The number of carbonyl (C=O) groups excluding carboxylic acids is 1. The Hall–Kier alpha value is -1.88. The van der Waals surface area contributed by atoms with Gasteiger partial charge < -0.3 is 14.7 Å². The molecule has 25 heavy (non-hydrogen) atoms. The highest BCUT2D eigenvalue weighted by Crippen LogP contribution is 2.44. The highest BCUT2D eigenvalue weighted by atomic mass is 16.5. The van der Waals surface area contributed by atoms with Crippen molar-refractivity contribution in [3.05, 3.63) is 35.4 Å². The summed E-state index contributed by atoms with van der Waals surface area (Å²) in [4.78, 5) is 26.0. The van der Waals surface area contributed by atoms with Gasteiger partial charge in [-0.1, -0.05) is 25.0 Å². The number of likely N-dealkylation sites (tertiary alicyclic amines) is 1. The van der Waals surface area contributed by atoms with Gasteiger partial charge in [0, 0.05) is 32.2 Å². The van der Waals surface area contributed by atoms with Crippen LogP contribution in [-0.2, 0) is 9.53 Å². The van der Waals surface area contributed by atoms with Gasteiger partial charge >= 0.3 is 5.97 Å². The predicted octanol–water partition coefficient (Wildman–Crippen LogP) is 3.30. The molecule has 0 radical (unpaired) electrons. The van der Waals surface area contributed by atoms with Crippen molar-refractivity contribution >= 4 is 11.9 Å². The molecule has 136 valence electrons. The van der Waals surface area contributed by atoms with Crippen molar-refractivity contribution in [2.24, 2.45) is 5.41 Å². The van der Waals surface area contributed by atoms with Gasteiger partial charge in [0.25, 0.3) is 0 Å². The molecule has 2 aliphatic rings. The Bertz CT molecular complexity index is 613. The number of benzene rings is 1. The van der Waals surface area contributed by atoms with E-state index in [2.05, 4.69) is 0 Å². The second kappa shape index (κ2) is 7.56. The molecule has 1 aliphatic heterocycles. The van der Waals surface area contributed by atoms with Gasteiger partial charge in [0.15, 0.2) is 0 Å². The van der Waals surface area contributed by atoms with E-state index in [9.17, 15) is 9.59 Å². The summed E-state index contributed by atoms with van der Waals surface area (Å²) in [5.74, 6) is -0.297. The van der Waals surface area contributed by atoms with Crippen LogP contribution in [0.1, 0.15) is 60.9 Å². The van der Waals surface area contributed by atoms with Gasteiger partial charge in [0.05, 0.1) is 11.0 Å². The number of rotatable bonds is 7. The lowest BCUT2D eigenvalue weighted by molar-refractivity contribution is -0.148. The minimum absolute atomic E-state index is 0.215. The fourth-order valence-corrected chi connectivity index (χ4v) is 4.12. The average molecular weight is 345 g/mol. The van der Waals surface area contributed by atoms with Crippen LogP contribution in [0.3, 0.4) is 0 Å². The summed E-state index contributed by atoms with van der Waals surface area (Å²) in [5, 5.41) is 8.98. The number of amides is 1. The molecule has 5 nitrogen and oxygen atoms in total. The molecule has 0 atom stereocenters. The second-order valence-corrected chi connectivity index (χ2v) is 7.27. The van der Waals surface area contributed by atoms with Gasteiger partial charge in [-0.05, 0) is 43.9 Å². The van der Waals surface area contributed by atoms with Crippen LogP contribution in [0.4, 0.5) is 0 Å². The van der Waals surface area contributed by atoms with Gasteiger partial charge in [0.1, 0.15) is 0 Å². The lowest BCUT2D eigenvalue weighted by Gasteiger charge is -2.44. The zero-order valence-corrected chi connectivity index (χ0v) is 14.9. The molecule has 1 aromatic carbocycles. The van der Waals surface area contributed by atoms with Gasteiger partial charge in [0.2, 0.25) is 5.91 Å². The summed E-state index contributed by atoms with van der Waals surface area (Å²) < 4.78 is 5.50. The summed E-state index contributed by atoms with van der Waals surface area (Å²) in [6, 6.07) is 7.03. The number of aromatic carboxylic acids is 1. The van der Waals surface area contributed by atoms with E-state index in [-0.39, 0.29) is 5.41 Å².